The Morgan fingerprint density at radius 3 is 2.70 bits per heavy atom. The summed E-state index contributed by atoms with van der Waals surface area (Å²) in [6, 6.07) is 2.25. The van der Waals surface area contributed by atoms with Crippen LogP contribution in [0.5, 0.6) is 0 Å². The van der Waals surface area contributed by atoms with Gasteiger partial charge in [-0.25, -0.2) is 17.8 Å². The third kappa shape index (κ3) is 2.82. The van der Waals surface area contributed by atoms with Gasteiger partial charge >= 0.3 is 0 Å². The minimum Gasteiger partial charge on any atom is -0.398 e. The van der Waals surface area contributed by atoms with Gasteiger partial charge in [-0.3, -0.25) is 0 Å². The second-order valence-corrected chi connectivity index (χ2v) is 7.12. The lowest BCUT2D eigenvalue weighted by atomic mass is 10.2. The minimum atomic E-state index is -3.80. The summed E-state index contributed by atoms with van der Waals surface area (Å²) in [7, 11) is -2.38. The normalized spacial score (nSPS) is 12.0. The van der Waals surface area contributed by atoms with E-state index in [1.54, 1.807) is 10.9 Å². The predicted octanol–water partition coefficient (Wildman–Crippen LogP) is 1.99. The van der Waals surface area contributed by atoms with Crippen molar-refractivity contribution in [1.29, 1.82) is 0 Å². The molecule has 0 unspecified atom stereocenters. The van der Waals surface area contributed by atoms with E-state index in [2.05, 4.69) is 4.98 Å². The van der Waals surface area contributed by atoms with Crippen molar-refractivity contribution >= 4 is 27.0 Å². The largest absolute Gasteiger partial charge is 0.398 e. The Morgan fingerprint density at radius 2 is 2.15 bits per heavy atom. The van der Waals surface area contributed by atoms with Gasteiger partial charge in [-0.05, 0) is 19.1 Å². The highest BCUT2D eigenvalue weighted by Gasteiger charge is 2.23. The molecule has 0 aliphatic carbocycles. The van der Waals surface area contributed by atoms with Crippen LogP contribution in [0.2, 0.25) is 0 Å². The molecule has 0 fully saturated rings. The predicted molar refractivity (Wildman–Crippen MR) is 76.3 cm³/mol. The summed E-state index contributed by atoms with van der Waals surface area (Å²) in [4.78, 5) is 3.87. The van der Waals surface area contributed by atoms with Gasteiger partial charge in [0.05, 0.1) is 22.6 Å². The third-order valence-electron chi connectivity index (χ3n) is 2.93. The van der Waals surface area contributed by atoms with Gasteiger partial charge in [-0.2, -0.15) is 4.31 Å². The van der Waals surface area contributed by atoms with Crippen molar-refractivity contribution in [3.8, 4) is 0 Å². The second kappa shape index (κ2) is 5.47. The van der Waals surface area contributed by atoms with Crippen molar-refractivity contribution < 1.29 is 12.8 Å². The number of nitrogens with zero attached hydrogens (tertiary/aromatic N) is 2. The number of thiazole rings is 1. The Labute approximate surface area is 120 Å². The lowest BCUT2D eigenvalue weighted by Crippen LogP contribution is -2.27. The molecule has 20 heavy (non-hydrogen) atoms. The highest BCUT2D eigenvalue weighted by Crippen LogP contribution is 2.23. The zero-order valence-corrected chi connectivity index (χ0v) is 12.6. The monoisotopic (exact) mass is 315 g/mol. The van der Waals surface area contributed by atoms with E-state index < -0.39 is 15.8 Å². The summed E-state index contributed by atoms with van der Waals surface area (Å²) in [5.74, 6) is -0.634. The van der Waals surface area contributed by atoms with Crippen molar-refractivity contribution in [1.82, 2.24) is 9.29 Å². The quantitative estimate of drug-likeness (QED) is 0.876. The molecular weight excluding hydrogens is 301 g/mol. The van der Waals surface area contributed by atoms with Crippen molar-refractivity contribution in [3.63, 3.8) is 0 Å². The molecule has 1 aromatic carbocycles. The zero-order valence-electron chi connectivity index (χ0n) is 11.0. The molecule has 0 aliphatic rings. The molecule has 0 spiro atoms. The summed E-state index contributed by atoms with van der Waals surface area (Å²) in [6.07, 6.45) is 0. The maximum absolute atomic E-state index is 13.6. The Morgan fingerprint density at radius 1 is 1.45 bits per heavy atom. The third-order valence-corrected chi connectivity index (χ3v) is 5.35. The number of nitrogen functional groups attached to an aromatic ring is 1. The molecule has 0 aliphatic heterocycles. The van der Waals surface area contributed by atoms with E-state index in [0.29, 0.717) is 5.69 Å². The molecule has 108 valence electrons. The van der Waals surface area contributed by atoms with Crippen LogP contribution in [0.25, 0.3) is 0 Å². The summed E-state index contributed by atoms with van der Waals surface area (Å²) >= 11 is 1.38. The summed E-state index contributed by atoms with van der Waals surface area (Å²) in [5, 5.41) is 1.76. The summed E-state index contributed by atoms with van der Waals surface area (Å²) in [5.41, 5.74) is 8.24. The topological polar surface area (TPSA) is 76.3 Å². The SMILES string of the molecule is Cc1c(N)cc(S(=O)(=O)N(C)Cc2cscn2)cc1F. The van der Waals surface area contributed by atoms with Gasteiger partial charge in [0.15, 0.2) is 0 Å². The molecule has 0 saturated carbocycles. The smallest absolute Gasteiger partial charge is 0.243 e. The Balaban J connectivity index is 2.35. The molecule has 1 heterocycles. The first-order valence-electron chi connectivity index (χ1n) is 5.71. The zero-order chi connectivity index (χ0) is 14.9. The van der Waals surface area contributed by atoms with Crippen LogP contribution in [0, 0.1) is 12.7 Å². The molecule has 0 radical (unpaired) electrons. The van der Waals surface area contributed by atoms with Crippen LogP contribution in [0.15, 0.2) is 27.9 Å². The number of hydrogen-bond donors (Lipinski definition) is 1. The number of sulfonamides is 1. The number of nitrogens with two attached hydrogens (primary N) is 1. The Bertz CT molecular complexity index is 691. The minimum absolute atomic E-state index is 0.116. The van der Waals surface area contributed by atoms with Crippen LogP contribution < -0.4 is 5.73 Å². The highest BCUT2D eigenvalue weighted by molar-refractivity contribution is 7.89. The van der Waals surface area contributed by atoms with Crippen molar-refractivity contribution in [2.24, 2.45) is 0 Å². The molecule has 1 aromatic heterocycles. The number of hydrogen-bond acceptors (Lipinski definition) is 5. The van der Waals surface area contributed by atoms with E-state index in [1.807, 2.05) is 0 Å². The van der Waals surface area contributed by atoms with Gasteiger partial charge in [0.2, 0.25) is 10.0 Å². The van der Waals surface area contributed by atoms with E-state index in [-0.39, 0.29) is 22.7 Å². The van der Waals surface area contributed by atoms with Crippen molar-refractivity contribution in [2.75, 3.05) is 12.8 Å². The molecule has 0 saturated heterocycles. The molecule has 0 bridgehead atoms. The first kappa shape index (κ1) is 14.9. The van der Waals surface area contributed by atoms with E-state index in [1.165, 1.54) is 31.4 Å². The molecule has 2 rings (SSSR count). The fraction of sp³-hybridized carbons (Fsp3) is 0.250. The standard InChI is InChI=1S/C12H14FN3O2S2/c1-8-11(13)3-10(4-12(8)14)20(17,18)16(2)5-9-6-19-7-15-9/h3-4,6-7H,5,14H2,1-2H3. The molecule has 2 aromatic rings. The number of aromatic nitrogens is 1. The summed E-state index contributed by atoms with van der Waals surface area (Å²) in [6.45, 7) is 1.63. The lowest BCUT2D eigenvalue weighted by molar-refractivity contribution is 0.462. The molecule has 2 N–H and O–H groups in total. The van der Waals surface area contributed by atoms with Gasteiger partial charge in [0.25, 0.3) is 0 Å². The number of benzene rings is 1. The first-order valence-corrected chi connectivity index (χ1v) is 8.09. The maximum atomic E-state index is 13.6. The van der Waals surface area contributed by atoms with Crippen LogP contribution in [-0.2, 0) is 16.6 Å². The van der Waals surface area contributed by atoms with E-state index in [0.717, 1.165) is 10.4 Å². The van der Waals surface area contributed by atoms with E-state index in [9.17, 15) is 12.8 Å². The average Bonchev–Trinajstić information content (AvgIpc) is 2.88. The first-order chi connectivity index (χ1) is 9.32. The molecular formula is C12H14FN3O2S2. The van der Waals surface area contributed by atoms with Crippen LogP contribution in [0.1, 0.15) is 11.3 Å². The fourth-order valence-electron chi connectivity index (χ4n) is 1.63. The van der Waals surface area contributed by atoms with Gasteiger partial charge in [0.1, 0.15) is 5.82 Å². The highest BCUT2D eigenvalue weighted by atomic mass is 32.2. The lowest BCUT2D eigenvalue weighted by Gasteiger charge is -2.17. The van der Waals surface area contributed by atoms with Crippen LogP contribution in [-0.4, -0.2) is 24.8 Å². The van der Waals surface area contributed by atoms with Gasteiger partial charge in [-0.1, -0.05) is 0 Å². The molecule has 0 atom stereocenters. The van der Waals surface area contributed by atoms with Gasteiger partial charge < -0.3 is 5.73 Å². The van der Waals surface area contributed by atoms with Crippen LogP contribution in [0.3, 0.4) is 0 Å². The maximum Gasteiger partial charge on any atom is 0.243 e. The molecule has 5 nitrogen and oxygen atoms in total. The van der Waals surface area contributed by atoms with Crippen LogP contribution >= 0.6 is 11.3 Å². The second-order valence-electron chi connectivity index (χ2n) is 4.36. The number of halogens is 1. The molecule has 8 heteroatoms. The number of anilines is 1. The van der Waals surface area contributed by atoms with Crippen LogP contribution in [0.4, 0.5) is 10.1 Å². The Hall–Kier alpha value is -1.51. The summed E-state index contributed by atoms with van der Waals surface area (Å²) < 4.78 is 39.5. The molecule has 0 amide bonds. The van der Waals surface area contributed by atoms with Crippen molar-refractivity contribution in [2.45, 2.75) is 18.4 Å². The van der Waals surface area contributed by atoms with E-state index >= 15 is 0 Å². The number of rotatable bonds is 4. The average molecular weight is 315 g/mol. The fourth-order valence-corrected chi connectivity index (χ4v) is 3.37. The van der Waals surface area contributed by atoms with Gasteiger partial charge in [0, 0.05) is 23.7 Å². The van der Waals surface area contributed by atoms with Crippen molar-refractivity contribution in [3.05, 3.63) is 40.1 Å². The van der Waals surface area contributed by atoms with E-state index in [4.69, 9.17) is 5.73 Å². The van der Waals surface area contributed by atoms with Gasteiger partial charge in [-0.15, -0.1) is 11.3 Å². The Kier molecular flexibility index (Phi) is 4.07.